The third-order valence-corrected chi connectivity index (χ3v) is 2.06. The van der Waals surface area contributed by atoms with Gasteiger partial charge >= 0.3 is 6.18 Å². The third kappa shape index (κ3) is 3.90. The molecular formula is C10H11F5N2. The minimum absolute atomic E-state index is 0.0206. The van der Waals surface area contributed by atoms with Crippen molar-refractivity contribution in [1.82, 2.24) is 9.97 Å². The predicted octanol–water partition coefficient (Wildman–Crippen LogP) is 3.64. The van der Waals surface area contributed by atoms with Gasteiger partial charge in [0.05, 0.1) is 11.9 Å². The Labute approximate surface area is 94.9 Å². The first kappa shape index (κ1) is 13.8. The average Bonchev–Trinajstić information content (AvgIpc) is 2.14. The number of hydrogen-bond donors (Lipinski definition) is 0. The Morgan fingerprint density at radius 3 is 2.00 bits per heavy atom. The zero-order chi connectivity index (χ0) is 13.3. The number of hydrogen-bond acceptors (Lipinski definition) is 2. The zero-order valence-electron chi connectivity index (χ0n) is 9.22. The van der Waals surface area contributed by atoms with Crippen LogP contribution in [-0.2, 0) is 5.92 Å². The Morgan fingerprint density at radius 2 is 1.65 bits per heavy atom. The van der Waals surface area contributed by atoms with Crippen molar-refractivity contribution in [3.8, 4) is 0 Å². The molecule has 0 amide bonds. The van der Waals surface area contributed by atoms with E-state index in [9.17, 15) is 22.0 Å². The molecule has 0 saturated heterocycles. The summed E-state index contributed by atoms with van der Waals surface area (Å²) in [6, 6.07) is 0. The van der Waals surface area contributed by atoms with Crippen LogP contribution in [0.2, 0.25) is 0 Å². The number of rotatable bonds is 3. The topological polar surface area (TPSA) is 25.8 Å². The lowest BCUT2D eigenvalue weighted by Gasteiger charge is -2.17. The number of halogens is 5. The minimum Gasteiger partial charge on any atom is -0.257 e. The highest BCUT2D eigenvalue weighted by Gasteiger charge is 2.46. The van der Waals surface area contributed by atoms with Gasteiger partial charge < -0.3 is 0 Å². The van der Waals surface area contributed by atoms with E-state index < -0.39 is 24.2 Å². The maximum absolute atomic E-state index is 13.2. The summed E-state index contributed by atoms with van der Waals surface area (Å²) >= 11 is 0. The molecule has 0 N–H and O–H groups in total. The molecule has 0 saturated carbocycles. The van der Waals surface area contributed by atoms with Crippen LogP contribution in [0.1, 0.15) is 37.6 Å². The second-order valence-electron chi connectivity index (χ2n) is 3.98. The fraction of sp³-hybridized carbons (Fsp3) is 0.600. The van der Waals surface area contributed by atoms with E-state index in [-0.39, 0.29) is 5.92 Å². The van der Waals surface area contributed by atoms with E-state index in [1.165, 1.54) is 0 Å². The third-order valence-electron chi connectivity index (χ3n) is 2.06. The molecule has 0 fully saturated rings. The summed E-state index contributed by atoms with van der Waals surface area (Å²) in [5.41, 5.74) is -0.504. The van der Waals surface area contributed by atoms with Gasteiger partial charge in [0.2, 0.25) is 0 Å². The Hall–Kier alpha value is -1.27. The van der Waals surface area contributed by atoms with E-state index in [0.29, 0.717) is 11.9 Å². The largest absolute Gasteiger partial charge is 0.395 e. The molecular weight excluding hydrogens is 243 g/mol. The van der Waals surface area contributed by atoms with Crippen molar-refractivity contribution >= 4 is 0 Å². The molecule has 0 atom stereocenters. The van der Waals surface area contributed by atoms with Crippen molar-refractivity contribution in [2.75, 3.05) is 0 Å². The highest BCUT2D eigenvalue weighted by Crippen LogP contribution is 2.38. The Bertz CT molecular complexity index is 369. The molecule has 1 heterocycles. The molecule has 17 heavy (non-hydrogen) atoms. The SMILES string of the molecule is CC(C)c1cnc(C(F)(F)CC(F)(F)F)cn1. The molecule has 0 spiro atoms. The average molecular weight is 254 g/mol. The Kier molecular flexibility index (Phi) is 3.68. The molecule has 0 aliphatic carbocycles. The van der Waals surface area contributed by atoms with E-state index in [1.807, 2.05) is 0 Å². The molecule has 0 aliphatic rings. The van der Waals surface area contributed by atoms with Crippen LogP contribution in [0.25, 0.3) is 0 Å². The van der Waals surface area contributed by atoms with Gasteiger partial charge in [-0.05, 0) is 5.92 Å². The van der Waals surface area contributed by atoms with E-state index in [4.69, 9.17) is 0 Å². The molecule has 7 heteroatoms. The highest BCUT2D eigenvalue weighted by atomic mass is 19.4. The summed E-state index contributed by atoms with van der Waals surface area (Å²) in [5, 5.41) is 0. The summed E-state index contributed by atoms with van der Waals surface area (Å²) in [6.07, 6.45) is -5.40. The van der Waals surface area contributed by atoms with Crippen LogP contribution < -0.4 is 0 Å². The molecule has 0 bridgehead atoms. The normalized spacial score (nSPS) is 13.2. The van der Waals surface area contributed by atoms with Gasteiger partial charge in [0.1, 0.15) is 12.1 Å². The van der Waals surface area contributed by atoms with Crippen LogP contribution >= 0.6 is 0 Å². The maximum atomic E-state index is 13.2. The van der Waals surface area contributed by atoms with Gasteiger partial charge in [-0.15, -0.1) is 0 Å². The van der Waals surface area contributed by atoms with Crippen molar-refractivity contribution in [1.29, 1.82) is 0 Å². The van der Waals surface area contributed by atoms with Gasteiger partial charge in [0.25, 0.3) is 5.92 Å². The van der Waals surface area contributed by atoms with Crippen LogP contribution in [0, 0.1) is 0 Å². The van der Waals surface area contributed by atoms with E-state index in [2.05, 4.69) is 9.97 Å². The lowest BCUT2D eigenvalue weighted by Crippen LogP contribution is -2.25. The van der Waals surface area contributed by atoms with E-state index in [0.717, 1.165) is 6.20 Å². The molecule has 96 valence electrons. The fourth-order valence-corrected chi connectivity index (χ4v) is 1.17. The molecule has 0 unspecified atom stereocenters. The van der Waals surface area contributed by atoms with Crippen LogP contribution in [-0.4, -0.2) is 16.1 Å². The van der Waals surface area contributed by atoms with E-state index >= 15 is 0 Å². The maximum Gasteiger partial charge on any atom is 0.395 e. The molecule has 0 radical (unpaired) electrons. The molecule has 1 rings (SSSR count). The van der Waals surface area contributed by atoms with Crippen molar-refractivity contribution in [3.63, 3.8) is 0 Å². The Morgan fingerprint density at radius 1 is 1.06 bits per heavy atom. The second kappa shape index (κ2) is 4.54. The minimum atomic E-state index is -4.94. The van der Waals surface area contributed by atoms with Crippen molar-refractivity contribution in [2.24, 2.45) is 0 Å². The fourth-order valence-electron chi connectivity index (χ4n) is 1.17. The van der Waals surface area contributed by atoms with E-state index in [1.54, 1.807) is 13.8 Å². The number of nitrogens with zero attached hydrogens (tertiary/aromatic N) is 2. The van der Waals surface area contributed by atoms with Gasteiger partial charge in [-0.25, -0.2) is 0 Å². The van der Waals surface area contributed by atoms with Gasteiger partial charge in [-0.2, -0.15) is 22.0 Å². The lowest BCUT2D eigenvalue weighted by molar-refractivity contribution is -0.192. The molecule has 0 aromatic carbocycles. The first-order chi connectivity index (χ1) is 7.62. The van der Waals surface area contributed by atoms with Gasteiger partial charge in [-0.3, -0.25) is 9.97 Å². The first-order valence-corrected chi connectivity index (χ1v) is 4.89. The van der Waals surface area contributed by atoms with Crippen molar-refractivity contribution in [2.45, 2.75) is 38.3 Å². The summed E-state index contributed by atoms with van der Waals surface area (Å²) in [7, 11) is 0. The van der Waals surface area contributed by atoms with Crippen molar-refractivity contribution in [3.05, 3.63) is 23.8 Å². The summed E-state index contributed by atoms with van der Waals surface area (Å²) in [5.74, 6) is -4.06. The summed E-state index contributed by atoms with van der Waals surface area (Å²) in [6.45, 7) is 3.55. The Balaban J connectivity index is 2.92. The van der Waals surface area contributed by atoms with Crippen LogP contribution in [0.5, 0.6) is 0 Å². The molecule has 0 aliphatic heterocycles. The highest BCUT2D eigenvalue weighted by molar-refractivity contribution is 5.10. The monoisotopic (exact) mass is 254 g/mol. The summed E-state index contributed by atoms with van der Waals surface area (Å²) in [4.78, 5) is 7.01. The van der Waals surface area contributed by atoms with Gasteiger partial charge in [-0.1, -0.05) is 13.8 Å². The van der Waals surface area contributed by atoms with Crippen LogP contribution in [0.4, 0.5) is 22.0 Å². The molecule has 1 aromatic heterocycles. The number of aromatic nitrogens is 2. The lowest BCUT2D eigenvalue weighted by atomic mass is 10.1. The van der Waals surface area contributed by atoms with Crippen molar-refractivity contribution < 1.29 is 22.0 Å². The first-order valence-electron chi connectivity index (χ1n) is 4.89. The molecule has 1 aromatic rings. The van der Waals surface area contributed by atoms with Crippen LogP contribution in [0.15, 0.2) is 12.4 Å². The number of alkyl halides is 5. The summed E-state index contributed by atoms with van der Waals surface area (Å²) < 4.78 is 62.1. The van der Waals surface area contributed by atoms with Crippen LogP contribution in [0.3, 0.4) is 0 Å². The second-order valence-corrected chi connectivity index (χ2v) is 3.98. The van der Waals surface area contributed by atoms with Gasteiger partial charge in [0.15, 0.2) is 0 Å². The zero-order valence-corrected chi connectivity index (χ0v) is 9.22. The smallest absolute Gasteiger partial charge is 0.257 e. The predicted molar refractivity (Wildman–Crippen MR) is 50.7 cm³/mol. The standard InChI is InChI=1S/C10H11F5N2/c1-6(2)7-3-17-8(4-16-7)9(11,12)5-10(13,14)15/h3-4,6H,5H2,1-2H3. The quantitative estimate of drug-likeness (QED) is 0.769. The molecule has 2 nitrogen and oxygen atoms in total. The van der Waals surface area contributed by atoms with Gasteiger partial charge in [0, 0.05) is 6.20 Å².